The quantitative estimate of drug-likeness (QED) is 0.812. The minimum atomic E-state index is 0.528. The van der Waals surface area contributed by atoms with Crippen LogP contribution in [0.4, 0.5) is 0 Å². The minimum absolute atomic E-state index is 0.528. The second-order valence-corrected chi connectivity index (χ2v) is 3.96. The SMILES string of the molecule is N#Cc1ccc(Cn2cccc2C#N)c(Cl)c1. The molecule has 0 aliphatic rings. The Morgan fingerprint density at radius 2 is 2.00 bits per heavy atom. The van der Waals surface area contributed by atoms with Crippen molar-refractivity contribution in [3.05, 3.63) is 58.4 Å². The Kier molecular flexibility index (Phi) is 3.14. The van der Waals surface area contributed by atoms with Crippen molar-refractivity contribution < 1.29 is 0 Å². The van der Waals surface area contributed by atoms with Crippen molar-refractivity contribution in [1.82, 2.24) is 4.57 Å². The average Bonchev–Trinajstić information content (AvgIpc) is 2.79. The van der Waals surface area contributed by atoms with Crippen LogP contribution in [-0.4, -0.2) is 4.57 Å². The summed E-state index contributed by atoms with van der Waals surface area (Å²) in [4.78, 5) is 0. The molecule has 0 aliphatic carbocycles. The molecule has 0 radical (unpaired) electrons. The zero-order valence-electron chi connectivity index (χ0n) is 8.89. The molecule has 3 nitrogen and oxygen atoms in total. The van der Waals surface area contributed by atoms with Gasteiger partial charge in [0.1, 0.15) is 11.8 Å². The smallest absolute Gasteiger partial charge is 0.120 e. The molecule has 1 heterocycles. The third-order valence-electron chi connectivity index (χ3n) is 2.47. The molecule has 0 saturated heterocycles. The van der Waals surface area contributed by atoms with E-state index in [1.807, 2.05) is 29.0 Å². The van der Waals surface area contributed by atoms with Crippen molar-refractivity contribution in [3.8, 4) is 12.1 Å². The summed E-state index contributed by atoms with van der Waals surface area (Å²) < 4.78 is 1.81. The molecular formula is C13H8ClN3. The van der Waals surface area contributed by atoms with Crippen LogP contribution in [0, 0.1) is 22.7 Å². The largest absolute Gasteiger partial charge is 0.335 e. The van der Waals surface area contributed by atoms with E-state index >= 15 is 0 Å². The van der Waals surface area contributed by atoms with Gasteiger partial charge in [-0.1, -0.05) is 17.7 Å². The van der Waals surface area contributed by atoms with E-state index < -0.39 is 0 Å². The predicted octanol–water partition coefficient (Wildman–Crippen LogP) is 2.93. The number of hydrogen-bond donors (Lipinski definition) is 0. The Morgan fingerprint density at radius 3 is 2.65 bits per heavy atom. The lowest BCUT2D eigenvalue weighted by atomic mass is 10.1. The molecule has 0 bridgehead atoms. The molecule has 17 heavy (non-hydrogen) atoms. The third kappa shape index (κ3) is 2.30. The van der Waals surface area contributed by atoms with Crippen LogP contribution in [0.25, 0.3) is 0 Å². The molecule has 0 N–H and O–H groups in total. The van der Waals surface area contributed by atoms with Gasteiger partial charge in [-0.25, -0.2) is 0 Å². The highest BCUT2D eigenvalue weighted by Crippen LogP contribution is 2.19. The molecule has 1 aromatic heterocycles. The van der Waals surface area contributed by atoms with E-state index in [0.29, 0.717) is 22.8 Å². The fourth-order valence-corrected chi connectivity index (χ4v) is 1.82. The maximum atomic E-state index is 8.89. The van der Waals surface area contributed by atoms with E-state index in [2.05, 4.69) is 6.07 Å². The number of nitriles is 2. The van der Waals surface area contributed by atoms with Crippen molar-refractivity contribution >= 4 is 11.6 Å². The zero-order chi connectivity index (χ0) is 12.3. The molecule has 0 fully saturated rings. The van der Waals surface area contributed by atoms with E-state index in [4.69, 9.17) is 22.1 Å². The Morgan fingerprint density at radius 1 is 1.18 bits per heavy atom. The molecule has 0 unspecified atom stereocenters. The minimum Gasteiger partial charge on any atom is -0.335 e. The molecule has 0 aliphatic heterocycles. The average molecular weight is 242 g/mol. The van der Waals surface area contributed by atoms with Gasteiger partial charge in [0, 0.05) is 17.8 Å². The van der Waals surface area contributed by atoms with Crippen LogP contribution in [0.2, 0.25) is 5.02 Å². The van der Waals surface area contributed by atoms with Crippen LogP contribution < -0.4 is 0 Å². The van der Waals surface area contributed by atoms with E-state index in [1.165, 1.54) is 0 Å². The molecule has 0 amide bonds. The summed E-state index contributed by atoms with van der Waals surface area (Å²) in [5, 5.41) is 18.2. The molecular weight excluding hydrogens is 234 g/mol. The summed E-state index contributed by atoms with van der Waals surface area (Å²) in [6.07, 6.45) is 1.83. The molecule has 2 rings (SSSR count). The van der Waals surface area contributed by atoms with Crippen LogP contribution in [0.5, 0.6) is 0 Å². The summed E-state index contributed by atoms with van der Waals surface area (Å²) in [7, 11) is 0. The first-order valence-corrected chi connectivity index (χ1v) is 5.36. The van der Waals surface area contributed by atoms with Gasteiger partial charge in [-0.15, -0.1) is 0 Å². The molecule has 82 valence electrons. The monoisotopic (exact) mass is 241 g/mol. The molecule has 0 spiro atoms. The van der Waals surface area contributed by atoms with Gasteiger partial charge in [0.15, 0.2) is 0 Å². The fraction of sp³-hybridized carbons (Fsp3) is 0.0769. The Bertz CT molecular complexity index is 629. The molecule has 0 atom stereocenters. The number of nitrogens with zero attached hydrogens (tertiary/aromatic N) is 3. The lowest BCUT2D eigenvalue weighted by molar-refractivity contribution is 0.793. The Hall–Kier alpha value is -2.23. The third-order valence-corrected chi connectivity index (χ3v) is 2.82. The van der Waals surface area contributed by atoms with Gasteiger partial charge in [-0.2, -0.15) is 10.5 Å². The maximum Gasteiger partial charge on any atom is 0.120 e. The van der Waals surface area contributed by atoms with Gasteiger partial charge in [0.2, 0.25) is 0 Å². The first-order valence-electron chi connectivity index (χ1n) is 4.98. The summed E-state index contributed by atoms with van der Waals surface area (Å²) in [5.41, 5.74) is 2.01. The normalized spacial score (nSPS) is 9.59. The first kappa shape index (κ1) is 11.3. The van der Waals surface area contributed by atoms with Crippen LogP contribution in [0.1, 0.15) is 16.8 Å². The summed E-state index contributed by atoms with van der Waals surface area (Å²) in [5.74, 6) is 0. The number of benzene rings is 1. The molecule has 1 aromatic carbocycles. The van der Waals surface area contributed by atoms with E-state index in [0.717, 1.165) is 5.56 Å². The van der Waals surface area contributed by atoms with Crippen molar-refractivity contribution in [2.45, 2.75) is 6.54 Å². The van der Waals surface area contributed by atoms with Gasteiger partial charge < -0.3 is 4.57 Å². The highest BCUT2D eigenvalue weighted by atomic mass is 35.5. The summed E-state index contributed by atoms with van der Waals surface area (Å²) in [6.45, 7) is 0.528. The number of halogens is 1. The van der Waals surface area contributed by atoms with Gasteiger partial charge >= 0.3 is 0 Å². The van der Waals surface area contributed by atoms with Crippen LogP contribution in [0.3, 0.4) is 0 Å². The van der Waals surface area contributed by atoms with E-state index in [1.54, 1.807) is 18.2 Å². The topological polar surface area (TPSA) is 52.5 Å². The number of aromatic nitrogens is 1. The second-order valence-electron chi connectivity index (χ2n) is 3.55. The standard InChI is InChI=1S/C13H8ClN3/c14-13-6-10(7-15)3-4-11(13)9-17-5-1-2-12(17)8-16/h1-6H,9H2. The zero-order valence-corrected chi connectivity index (χ0v) is 9.65. The van der Waals surface area contributed by atoms with Crippen molar-refractivity contribution in [3.63, 3.8) is 0 Å². The predicted molar refractivity (Wildman–Crippen MR) is 64.4 cm³/mol. The lowest BCUT2D eigenvalue weighted by Crippen LogP contribution is -2.01. The first-order chi connectivity index (χ1) is 8.24. The number of hydrogen-bond acceptors (Lipinski definition) is 2. The van der Waals surface area contributed by atoms with Crippen molar-refractivity contribution in [1.29, 1.82) is 10.5 Å². The second kappa shape index (κ2) is 4.74. The van der Waals surface area contributed by atoms with Gasteiger partial charge in [0.25, 0.3) is 0 Å². The van der Waals surface area contributed by atoms with E-state index in [-0.39, 0.29) is 0 Å². The number of rotatable bonds is 2. The van der Waals surface area contributed by atoms with Gasteiger partial charge in [-0.05, 0) is 29.8 Å². The van der Waals surface area contributed by atoms with Crippen LogP contribution in [0.15, 0.2) is 36.5 Å². The summed E-state index contributed by atoms with van der Waals surface area (Å²) in [6, 6.07) is 12.9. The highest BCUT2D eigenvalue weighted by molar-refractivity contribution is 6.31. The van der Waals surface area contributed by atoms with Gasteiger partial charge in [0.05, 0.1) is 11.6 Å². The van der Waals surface area contributed by atoms with Crippen molar-refractivity contribution in [2.75, 3.05) is 0 Å². The Balaban J connectivity index is 2.32. The fourth-order valence-electron chi connectivity index (χ4n) is 1.58. The molecule has 0 saturated carbocycles. The summed E-state index contributed by atoms with van der Waals surface area (Å²) >= 11 is 6.07. The molecule has 4 heteroatoms. The lowest BCUT2D eigenvalue weighted by Gasteiger charge is -2.07. The van der Waals surface area contributed by atoms with Crippen molar-refractivity contribution in [2.24, 2.45) is 0 Å². The van der Waals surface area contributed by atoms with Crippen LogP contribution >= 0.6 is 11.6 Å². The van der Waals surface area contributed by atoms with Crippen LogP contribution in [-0.2, 0) is 6.54 Å². The highest BCUT2D eigenvalue weighted by Gasteiger charge is 2.05. The maximum absolute atomic E-state index is 8.89. The van der Waals surface area contributed by atoms with E-state index in [9.17, 15) is 0 Å². The Labute approximate surface area is 104 Å². The molecule has 2 aromatic rings. The van der Waals surface area contributed by atoms with Gasteiger partial charge in [-0.3, -0.25) is 0 Å².